The minimum absolute atomic E-state index is 0.787. The monoisotopic (exact) mass is 224 g/mol. The zero-order valence-electron chi connectivity index (χ0n) is 9.98. The average molecular weight is 224 g/mol. The van der Waals surface area contributed by atoms with E-state index in [0.29, 0.717) is 0 Å². The van der Waals surface area contributed by atoms with E-state index < -0.39 is 5.60 Å². The van der Waals surface area contributed by atoms with Crippen molar-refractivity contribution >= 4 is 0 Å². The van der Waals surface area contributed by atoms with Crippen LogP contribution in [0.15, 0.2) is 48.5 Å². The van der Waals surface area contributed by atoms with E-state index in [1.165, 1.54) is 11.1 Å². The summed E-state index contributed by atoms with van der Waals surface area (Å²) in [5.41, 5.74) is 3.79. The van der Waals surface area contributed by atoms with Crippen molar-refractivity contribution in [1.82, 2.24) is 0 Å². The Labute approximate surface area is 102 Å². The highest BCUT2D eigenvalue weighted by Crippen LogP contribution is 2.41. The molecule has 1 heteroatoms. The second kappa shape index (κ2) is 3.71. The highest BCUT2D eigenvalue weighted by molar-refractivity contribution is 5.45. The van der Waals surface area contributed by atoms with Crippen LogP contribution in [0, 0.1) is 6.92 Å². The standard InChI is InChI=1S/C16H16O/c1-12-6-8-14(9-7-12)16(17)11-10-13-4-2-3-5-15(13)16/h2-9,17H,10-11H2,1H3. The smallest absolute Gasteiger partial charge is 0.115 e. The van der Waals surface area contributed by atoms with Crippen molar-refractivity contribution in [3.8, 4) is 0 Å². The lowest BCUT2D eigenvalue weighted by molar-refractivity contribution is 0.0829. The van der Waals surface area contributed by atoms with E-state index in [1.807, 2.05) is 30.3 Å². The van der Waals surface area contributed by atoms with E-state index >= 15 is 0 Å². The quantitative estimate of drug-likeness (QED) is 0.788. The Bertz CT molecular complexity index is 542. The van der Waals surface area contributed by atoms with Gasteiger partial charge in [0.2, 0.25) is 0 Å². The van der Waals surface area contributed by atoms with Crippen LogP contribution in [0.5, 0.6) is 0 Å². The summed E-state index contributed by atoms with van der Waals surface area (Å²) >= 11 is 0. The maximum Gasteiger partial charge on any atom is 0.115 e. The van der Waals surface area contributed by atoms with Crippen LogP contribution < -0.4 is 0 Å². The third-order valence-electron chi connectivity index (χ3n) is 3.75. The van der Waals surface area contributed by atoms with Gasteiger partial charge in [0.1, 0.15) is 5.60 Å². The summed E-state index contributed by atoms with van der Waals surface area (Å²) in [7, 11) is 0. The molecule has 2 aromatic carbocycles. The number of aryl methyl sites for hydroxylation is 2. The van der Waals surface area contributed by atoms with Gasteiger partial charge in [-0.2, -0.15) is 0 Å². The molecule has 0 saturated heterocycles. The molecule has 3 rings (SSSR count). The molecule has 1 aliphatic carbocycles. The van der Waals surface area contributed by atoms with Crippen LogP contribution in [0.1, 0.15) is 28.7 Å². The molecule has 0 saturated carbocycles. The molecule has 17 heavy (non-hydrogen) atoms. The molecule has 0 heterocycles. The summed E-state index contributed by atoms with van der Waals surface area (Å²) in [5.74, 6) is 0. The lowest BCUT2D eigenvalue weighted by atomic mass is 9.87. The minimum Gasteiger partial charge on any atom is -0.380 e. The molecule has 1 aliphatic rings. The Morgan fingerprint density at radius 2 is 1.71 bits per heavy atom. The highest BCUT2D eigenvalue weighted by Gasteiger charge is 2.37. The zero-order chi connectivity index (χ0) is 11.9. The predicted octanol–water partition coefficient (Wildman–Crippen LogP) is 3.18. The van der Waals surface area contributed by atoms with Crippen molar-refractivity contribution in [2.75, 3.05) is 0 Å². The number of rotatable bonds is 1. The molecule has 0 spiro atoms. The molecule has 0 amide bonds. The Morgan fingerprint density at radius 3 is 2.47 bits per heavy atom. The topological polar surface area (TPSA) is 20.2 Å². The predicted molar refractivity (Wildman–Crippen MR) is 68.9 cm³/mol. The van der Waals surface area contributed by atoms with Gasteiger partial charge in [0.15, 0.2) is 0 Å². The molecule has 2 aromatic rings. The maximum absolute atomic E-state index is 10.9. The maximum atomic E-state index is 10.9. The largest absolute Gasteiger partial charge is 0.380 e. The number of hydrogen-bond acceptors (Lipinski definition) is 1. The third-order valence-corrected chi connectivity index (χ3v) is 3.75. The fourth-order valence-corrected chi connectivity index (χ4v) is 2.72. The van der Waals surface area contributed by atoms with Crippen LogP contribution in [0.25, 0.3) is 0 Å². The van der Waals surface area contributed by atoms with Crippen molar-refractivity contribution in [2.24, 2.45) is 0 Å². The number of benzene rings is 2. The fraction of sp³-hybridized carbons (Fsp3) is 0.250. The van der Waals surface area contributed by atoms with Gasteiger partial charge in [0, 0.05) is 0 Å². The van der Waals surface area contributed by atoms with Gasteiger partial charge in [-0.05, 0) is 36.5 Å². The van der Waals surface area contributed by atoms with Gasteiger partial charge in [-0.25, -0.2) is 0 Å². The third kappa shape index (κ3) is 1.58. The summed E-state index contributed by atoms with van der Waals surface area (Å²) in [6.45, 7) is 2.07. The van der Waals surface area contributed by atoms with Crippen LogP contribution in [-0.2, 0) is 12.0 Å². The molecular formula is C16H16O. The second-order valence-corrected chi connectivity index (χ2v) is 4.88. The van der Waals surface area contributed by atoms with Crippen LogP contribution in [0.4, 0.5) is 0 Å². The van der Waals surface area contributed by atoms with Gasteiger partial charge >= 0.3 is 0 Å². The van der Waals surface area contributed by atoms with Gasteiger partial charge < -0.3 is 5.11 Å². The van der Waals surface area contributed by atoms with Crippen molar-refractivity contribution in [3.05, 3.63) is 70.8 Å². The summed E-state index contributed by atoms with van der Waals surface area (Å²) in [5, 5.41) is 10.9. The van der Waals surface area contributed by atoms with Gasteiger partial charge in [-0.3, -0.25) is 0 Å². The molecule has 86 valence electrons. The SMILES string of the molecule is Cc1ccc(C2(O)CCc3ccccc32)cc1. The molecule has 1 atom stereocenters. The van der Waals surface area contributed by atoms with E-state index in [1.54, 1.807) is 0 Å². The molecule has 0 bridgehead atoms. The van der Waals surface area contributed by atoms with Gasteiger partial charge in [0.25, 0.3) is 0 Å². The van der Waals surface area contributed by atoms with E-state index in [-0.39, 0.29) is 0 Å². The molecular weight excluding hydrogens is 208 g/mol. The van der Waals surface area contributed by atoms with Crippen molar-refractivity contribution in [1.29, 1.82) is 0 Å². The van der Waals surface area contributed by atoms with Crippen molar-refractivity contribution < 1.29 is 5.11 Å². The van der Waals surface area contributed by atoms with Crippen LogP contribution in [0.2, 0.25) is 0 Å². The normalized spacial score (nSPS) is 22.5. The molecule has 0 aliphatic heterocycles. The van der Waals surface area contributed by atoms with Crippen LogP contribution in [-0.4, -0.2) is 5.11 Å². The van der Waals surface area contributed by atoms with Crippen molar-refractivity contribution in [3.63, 3.8) is 0 Å². The number of hydrogen-bond donors (Lipinski definition) is 1. The number of aliphatic hydroxyl groups is 1. The summed E-state index contributed by atoms with van der Waals surface area (Å²) in [4.78, 5) is 0. The van der Waals surface area contributed by atoms with E-state index in [0.717, 1.165) is 24.0 Å². The van der Waals surface area contributed by atoms with Gasteiger partial charge in [-0.15, -0.1) is 0 Å². The Kier molecular flexibility index (Phi) is 2.30. The summed E-state index contributed by atoms with van der Waals surface area (Å²) in [6, 6.07) is 16.4. The first-order chi connectivity index (χ1) is 8.20. The molecule has 1 nitrogen and oxygen atoms in total. The van der Waals surface area contributed by atoms with Crippen LogP contribution in [0.3, 0.4) is 0 Å². The van der Waals surface area contributed by atoms with E-state index in [9.17, 15) is 5.11 Å². The highest BCUT2D eigenvalue weighted by atomic mass is 16.3. The van der Waals surface area contributed by atoms with Crippen molar-refractivity contribution in [2.45, 2.75) is 25.4 Å². The minimum atomic E-state index is -0.787. The lowest BCUT2D eigenvalue weighted by Crippen LogP contribution is -2.23. The van der Waals surface area contributed by atoms with Gasteiger partial charge in [0.05, 0.1) is 0 Å². The second-order valence-electron chi connectivity index (χ2n) is 4.88. The average Bonchev–Trinajstić information content (AvgIpc) is 2.70. The number of fused-ring (bicyclic) bond motifs is 1. The van der Waals surface area contributed by atoms with Gasteiger partial charge in [-0.1, -0.05) is 54.1 Å². The zero-order valence-corrected chi connectivity index (χ0v) is 9.98. The first-order valence-electron chi connectivity index (χ1n) is 6.08. The van der Waals surface area contributed by atoms with Crippen LogP contribution >= 0.6 is 0 Å². The Morgan fingerprint density at radius 1 is 1.00 bits per heavy atom. The first-order valence-corrected chi connectivity index (χ1v) is 6.08. The Balaban J connectivity index is 2.12. The molecule has 1 unspecified atom stereocenters. The summed E-state index contributed by atoms with van der Waals surface area (Å²) in [6.07, 6.45) is 1.75. The van der Waals surface area contributed by atoms with E-state index in [4.69, 9.17) is 0 Å². The molecule has 1 N–H and O–H groups in total. The molecule has 0 fully saturated rings. The molecule has 0 radical (unpaired) electrons. The first kappa shape index (κ1) is 10.5. The summed E-state index contributed by atoms with van der Waals surface area (Å²) < 4.78 is 0. The molecule has 0 aromatic heterocycles. The lowest BCUT2D eigenvalue weighted by Gasteiger charge is -2.24. The van der Waals surface area contributed by atoms with E-state index in [2.05, 4.69) is 25.1 Å². The Hall–Kier alpha value is -1.60. The fourth-order valence-electron chi connectivity index (χ4n) is 2.72.